The lowest BCUT2D eigenvalue weighted by Crippen LogP contribution is -2.04. The first-order chi connectivity index (χ1) is 5.54. The first-order valence-electron chi connectivity index (χ1n) is 3.36. The fraction of sp³-hybridized carbons (Fsp3) is 1.00. The van der Waals surface area contributed by atoms with Gasteiger partial charge in [0.25, 0.3) is 0 Å². The summed E-state index contributed by atoms with van der Waals surface area (Å²) in [5, 5.41) is 9.90. The molecule has 0 saturated heterocycles. The highest BCUT2D eigenvalue weighted by atomic mass is 31.2. The minimum atomic E-state index is -3.04. The second-order valence-corrected chi connectivity index (χ2v) is 4.51. The van der Waals surface area contributed by atoms with Crippen molar-refractivity contribution in [2.24, 2.45) is 0 Å². The molecule has 0 heterocycles. The molecule has 0 atom stereocenters. The van der Waals surface area contributed by atoms with Crippen molar-refractivity contribution in [3.05, 3.63) is 10.1 Å². The molecular weight excluding hydrogens is 185 g/mol. The van der Waals surface area contributed by atoms with Crippen LogP contribution in [0.5, 0.6) is 0 Å². The third-order valence-corrected chi connectivity index (χ3v) is 3.31. The number of hydrogen-bond donors (Lipinski definition) is 0. The summed E-state index contributed by atoms with van der Waals surface area (Å²) in [6.45, 7) is -0.212. The van der Waals surface area contributed by atoms with E-state index in [2.05, 4.69) is 9.05 Å². The van der Waals surface area contributed by atoms with Crippen molar-refractivity contribution in [2.45, 2.75) is 6.42 Å². The molecule has 7 heteroatoms. The topological polar surface area (TPSA) is 78.7 Å². The predicted octanol–water partition coefficient (Wildman–Crippen LogP) is 1.14. The lowest BCUT2D eigenvalue weighted by atomic mass is 10.5. The van der Waals surface area contributed by atoms with Crippen LogP contribution in [-0.2, 0) is 13.6 Å². The summed E-state index contributed by atoms with van der Waals surface area (Å²) in [5.41, 5.74) is 0. The van der Waals surface area contributed by atoms with Crippen molar-refractivity contribution >= 4 is 7.60 Å². The van der Waals surface area contributed by atoms with E-state index in [1.165, 1.54) is 14.2 Å². The van der Waals surface area contributed by atoms with Gasteiger partial charge < -0.3 is 9.05 Å². The Balaban J connectivity index is 3.74. The normalized spacial score (nSPS) is 11.5. The smallest absolute Gasteiger partial charge is 0.312 e. The highest BCUT2D eigenvalue weighted by molar-refractivity contribution is 7.53. The van der Waals surface area contributed by atoms with E-state index in [1.54, 1.807) is 0 Å². The summed E-state index contributed by atoms with van der Waals surface area (Å²) in [6.07, 6.45) is 0.285. The Hall–Kier alpha value is -0.450. The lowest BCUT2D eigenvalue weighted by Gasteiger charge is -2.11. The summed E-state index contributed by atoms with van der Waals surface area (Å²) in [4.78, 5) is 9.43. The first-order valence-corrected chi connectivity index (χ1v) is 5.09. The molecule has 6 nitrogen and oxygen atoms in total. The Bertz CT molecular complexity index is 186. The van der Waals surface area contributed by atoms with Crippen LogP contribution in [0.25, 0.3) is 0 Å². The van der Waals surface area contributed by atoms with Crippen LogP contribution in [0.15, 0.2) is 0 Å². The number of nitro groups is 1. The SMILES string of the molecule is COP(=O)(CCC[N+](=O)[O-])OC. The minimum absolute atomic E-state index is 0.0843. The van der Waals surface area contributed by atoms with Crippen molar-refractivity contribution in [2.75, 3.05) is 26.9 Å². The molecule has 0 fully saturated rings. The van der Waals surface area contributed by atoms with Gasteiger partial charge in [-0.15, -0.1) is 0 Å². The van der Waals surface area contributed by atoms with Crippen LogP contribution in [0.1, 0.15) is 6.42 Å². The van der Waals surface area contributed by atoms with Gasteiger partial charge in [-0.25, -0.2) is 0 Å². The summed E-state index contributed by atoms with van der Waals surface area (Å²) < 4.78 is 20.4. The van der Waals surface area contributed by atoms with Crippen LogP contribution in [0.3, 0.4) is 0 Å². The van der Waals surface area contributed by atoms with E-state index >= 15 is 0 Å². The van der Waals surface area contributed by atoms with Crippen LogP contribution < -0.4 is 0 Å². The Morgan fingerprint density at radius 1 is 1.42 bits per heavy atom. The van der Waals surface area contributed by atoms with Crippen LogP contribution >= 0.6 is 7.60 Å². The molecule has 0 aliphatic carbocycles. The van der Waals surface area contributed by atoms with Crippen LogP contribution in [0.2, 0.25) is 0 Å². The standard InChI is InChI=1S/C5H12NO5P/c1-10-12(9,11-2)5-3-4-6(7)8/h3-5H2,1-2H3. The lowest BCUT2D eigenvalue weighted by molar-refractivity contribution is -0.479. The van der Waals surface area contributed by atoms with Gasteiger partial charge in [-0.05, 0) is 0 Å². The van der Waals surface area contributed by atoms with Gasteiger partial charge in [0.05, 0.1) is 6.16 Å². The van der Waals surface area contributed by atoms with Crippen molar-refractivity contribution < 1.29 is 18.5 Å². The van der Waals surface area contributed by atoms with E-state index in [9.17, 15) is 14.7 Å². The highest BCUT2D eigenvalue weighted by Gasteiger charge is 2.21. The molecule has 12 heavy (non-hydrogen) atoms. The molecule has 0 spiro atoms. The first kappa shape index (κ1) is 11.6. The van der Waals surface area contributed by atoms with Crippen molar-refractivity contribution in [1.29, 1.82) is 0 Å². The largest absolute Gasteiger partial charge is 0.330 e. The van der Waals surface area contributed by atoms with Crippen LogP contribution in [0.4, 0.5) is 0 Å². The van der Waals surface area contributed by atoms with E-state index in [4.69, 9.17) is 0 Å². The van der Waals surface area contributed by atoms with Gasteiger partial charge in [-0.3, -0.25) is 14.7 Å². The quantitative estimate of drug-likeness (QED) is 0.362. The van der Waals surface area contributed by atoms with Gasteiger partial charge >= 0.3 is 7.60 Å². The molecule has 0 bridgehead atoms. The molecular formula is C5H12NO5P. The molecule has 0 aromatic heterocycles. The second kappa shape index (κ2) is 5.24. The van der Waals surface area contributed by atoms with Gasteiger partial charge in [0.15, 0.2) is 0 Å². The molecule has 0 radical (unpaired) electrons. The third kappa shape index (κ3) is 4.43. The van der Waals surface area contributed by atoms with Gasteiger partial charge in [-0.1, -0.05) is 0 Å². The van der Waals surface area contributed by atoms with Gasteiger partial charge in [-0.2, -0.15) is 0 Å². The fourth-order valence-corrected chi connectivity index (χ4v) is 1.69. The van der Waals surface area contributed by atoms with E-state index in [0.29, 0.717) is 0 Å². The second-order valence-electron chi connectivity index (χ2n) is 2.11. The zero-order valence-corrected chi connectivity index (χ0v) is 7.95. The Morgan fingerprint density at radius 3 is 2.25 bits per heavy atom. The summed E-state index contributed by atoms with van der Waals surface area (Å²) in [7, 11) is -0.521. The fourth-order valence-electron chi connectivity index (χ4n) is 0.651. The predicted molar refractivity (Wildman–Crippen MR) is 43.0 cm³/mol. The number of rotatable bonds is 6. The summed E-state index contributed by atoms with van der Waals surface area (Å²) >= 11 is 0. The number of nitrogens with zero attached hydrogens (tertiary/aromatic N) is 1. The molecule has 0 N–H and O–H groups in total. The van der Waals surface area contributed by atoms with Crippen molar-refractivity contribution in [3.8, 4) is 0 Å². The average Bonchev–Trinajstić information content (AvgIpc) is 2.03. The van der Waals surface area contributed by atoms with E-state index in [0.717, 1.165) is 0 Å². The zero-order valence-electron chi connectivity index (χ0n) is 7.06. The van der Waals surface area contributed by atoms with Gasteiger partial charge in [0, 0.05) is 25.6 Å². The molecule has 0 aromatic carbocycles. The Labute approximate surface area is 70.5 Å². The monoisotopic (exact) mass is 197 g/mol. The van der Waals surface area contributed by atoms with E-state index in [-0.39, 0.29) is 19.1 Å². The summed E-state index contributed by atoms with van der Waals surface area (Å²) in [6, 6.07) is 0. The molecule has 0 amide bonds. The molecule has 0 unspecified atom stereocenters. The minimum Gasteiger partial charge on any atom is -0.312 e. The Morgan fingerprint density at radius 2 is 1.92 bits per heavy atom. The van der Waals surface area contributed by atoms with E-state index in [1.807, 2.05) is 0 Å². The average molecular weight is 197 g/mol. The van der Waals surface area contributed by atoms with E-state index < -0.39 is 12.5 Å². The van der Waals surface area contributed by atoms with Crippen LogP contribution in [-0.4, -0.2) is 31.8 Å². The maximum Gasteiger partial charge on any atom is 0.330 e. The van der Waals surface area contributed by atoms with Crippen LogP contribution in [0, 0.1) is 10.1 Å². The molecule has 0 aliphatic heterocycles. The Kier molecular flexibility index (Phi) is 5.04. The highest BCUT2D eigenvalue weighted by Crippen LogP contribution is 2.46. The van der Waals surface area contributed by atoms with Crippen molar-refractivity contribution in [1.82, 2.24) is 0 Å². The maximum atomic E-state index is 11.3. The number of hydrogen-bond acceptors (Lipinski definition) is 5. The molecule has 72 valence electrons. The van der Waals surface area contributed by atoms with Crippen molar-refractivity contribution in [3.63, 3.8) is 0 Å². The third-order valence-electron chi connectivity index (χ3n) is 1.33. The summed E-state index contributed by atoms with van der Waals surface area (Å²) in [5.74, 6) is 0. The maximum absolute atomic E-state index is 11.3. The van der Waals surface area contributed by atoms with Gasteiger partial charge in [0.2, 0.25) is 6.54 Å². The molecule has 0 aliphatic rings. The molecule has 0 aromatic rings. The molecule has 0 saturated carbocycles. The molecule has 0 rings (SSSR count). The van der Waals surface area contributed by atoms with Gasteiger partial charge in [0.1, 0.15) is 0 Å². The zero-order chi connectivity index (χ0) is 9.61.